The first-order chi connectivity index (χ1) is 16.5. The maximum absolute atomic E-state index is 13.0. The van der Waals surface area contributed by atoms with Gasteiger partial charge in [-0.1, -0.05) is 48.5 Å². The molecule has 0 radical (unpaired) electrons. The molecule has 3 fully saturated rings. The minimum absolute atomic E-state index is 0.0175. The Morgan fingerprint density at radius 2 is 1.76 bits per heavy atom. The molecule has 1 saturated carbocycles. The molecule has 34 heavy (non-hydrogen) atoms. The van der Waals surface area contributed by atoms with Gasteiger partial charge in [-0.15, -0.1) is 0 Å². The zero-order valence-electron chi connectivity index (χ0n) is 18.6. The Hall–Kier alpha value is -3.39. The number of hydrogen-bond donors (Lipinski definition) is 2. The molecule has 8 heteroatoms. The van der Waals surface area contributed by atoms with Gasteiger partial charge in [-0.3, -0.25) is 9.59 Å². The number of carboxylic acids is 1. The van der Waals surface area contributed by atoms with Gasteiger partial charge in [-0.05, 0) is 41.0 Å². The van der Waals surface area contributed by atoms with Crippen LogP contribution in [0.15, 0.2) is 48.5 Å². The zero-order valence-corrected chi connectivity index (χ0v) is 18.6. The van der Waals surface area contributed by atoms with E-state index in [1.165, 1.54) is 0 Å². The van der Waals surface area contributed by atoms with Crippen molar-refractivity contribution in [3.63, 3.8) is 0 Å². The van der Waals surface area contributed by atoms with Gasteiger partial charge < -0.3 is 24.8 Å². The molecule has 2 unspecified atom stereocenters. The average molecular weight is 463 g/mol. The summed E-state index contributed by atoms with van der Waals surface area (Å²) < 4.78 is 11.3. The highest BCUT2D eigenvalue weighted by atomic mass is 16.6. The van der Waals surface area contributed by atoms with Crippen LogP contribution in [-0.2, 0) is 19.1 Å². The van der Waals surface area contributed by atoms with Crippen LogP contribution >= 0.6 is 0 Å². The first-order valence-corrected chi connectivity index (χ1v) is 11.7. The second-order valence-electron chi connectivity index (χ2n) is 9.74. The summed E-state index contributed by atoms with van der Waals surface area (Å²) in [7, 11) is 0. The normalized spacial score (nSPS) is 28.7. The molecule has 2 aliphatic carbocycles. The van der Waals surface area contributed by atoms with Crippen molar-refractivity contribution in [2.24, 2.45) is 11.3 Å². The van der Waals surface area contributed by atoms with E-state index in [1.54, 1.807) is 4.90 Å². The maximum Gasteiger partial charge on any atom is 0.407 e. The summed E-state index contributed by atoms with van der Waals surface area (Å²) in [5, 5.41) is 12.3. The van der Waals surface area contributed by atoms with E-state index in [2.05, 4.69) is 29.6 Å². The summed E-state index contributed by atoms with van der Waals surface area (Å²) in [6.45, 7) is 1.19. The van der Waals surface area contributed by atoms with Gasteiger partial charge in [-0.2, -0.15) is 0 Å². The number of nitrogens with one attached hydrogen (secondary N) is 1. The second kappa shape index (κ2) is 7.84. The fourth-order valence-electron chi connectivity index (χ4n) is 5.93. The Morgan fingerprint density at radius 3 is 2.41 bits per heavy atom. The van der Waals surface area contributed by atoms with Gasteiger partial charge >= 0.3 is 12.1 Å². The molecule has 2 aliphatic heterocycles. The number of likely N-dealkylation sites (tertiary alicyclic amines) is 1. The van der Waals surface area contributed by atoms with Crippen molar-refractivity contribution in [2.75, 3.05) is 26.3 Å². The Morgan fingerprint density at radius 1 is 1.09 bits per heavy atom. The van der Waals surface area contributed by atoms with Crippen LogP contribution in [0.1, 0.15) is 29.9 Å². The van der Waals surface area contributed by atoms with Gasteiger partial charge in [0, 0.05) is 25.6 Å². The number of carbonyl (C=O) groups excluding carboxylic acids is 2. The predicted molar refractivity (Wildman–Crippen MR) is 121 cm³/mol. The monoisotopic (exact) mass is 462 g/mol. The highest BCUT2D eigenvalue weighted by molar-refractivity contribution is 5.87. The second-order valence-corrected chi connectivity index (χ2v) is 9.74. The Labute approximate surface area is 196 Å². The molecule has 2 N–H and O–H groups in total. The number of ether oxygens (including phenoxy) is 2. The minimum Gasteiger partial charge on any atom is -0.481 e. The third-order valence-corrected chi connectivity index (χ3v) is 7.87. The van der Waals surface area contributed by atoms with E-state index in [0.717, 1.165) is 22.3 Å². The number of amides is 2. The van der Waals surface area contributed by atoms with Crippen LogP contribution in [0.25, 0.3) is 11.1 Å². The Balaban J connectivity index is 1.08. The average Bonchev–Trinajstić information content (AvgIpc) is 3.16. The number of hydrogen-bond acceptors (Lipinski definition) is 5. The quantitative estimate of drug-likeness (QED) is 0.708. The van der Waals surface area contributed by atoms with Crippen LogP contribution < -0.4 is 5.32 Å². The molecule has 4 atom stereocenters. The molecule has 6 rings (SSSR count). The molecule has 4 aliphatic rings. The summed E-state index contributed by atoms with van der Waals surface area (Å²) in [6.07, 6.45) is -0.272. The molecule has 2 heterocycles. The molecule has 2 saturated heterocycles. The van der Waals surface area contributed by atoms with Crippen molar-refractivity contribution in [3.05, 3.63) is 59.7 Å². The van der Waals surface area contributed by atoms with Crippen LogP contribution in [0.3, 0.4) is 0 Å². The molecule has 0 bridgehead atoms. The van der Waals surface area contributed by atoms with Crippen molar-refractivity contribution in [1.29, 1.82) is 0 Å². The summed E-state index contributed by atoms with van der Waals surface area (Å²) >= 11 is 0. The number of benzene rings is 2. The SMILES string of the molecule is O=C(N[C@H]1CCO[C@H]1C(=O)N1CC2CC2(C(=O)O)C1)OCC1c2ccccc2-c2ccccc21. The first kappa shape index (κ1) is 21.2. The lowest BCUT2D eigenvalue weighted by atomic mass is 9.98. The summed E-state index contributed by atoms with van der Waals surface area (Å²) in [4.78, 5) is 38.8. The highest BCUT2D eigenvalue weighted by Gasteiger charge is 2.66. The van der Waals surface area contributed by atoms with E-state index < -0.39 is 29.6 Å². The number of carbonyl (C=O) groups is 3. The number of fused-ring (bicyclic) bond motifs is 4. The summed E-state index contributed by atoms with van der Waals surface area (Å²) in [5.74, 6) is -1.12. The maximum atomic E-state index is 13.0. The van der Waals surface area contributed by atoms with Crippen molar-refractivity contribution in [3.8, 4) is 11.1 Å². The van der Waals surface area contributed by atoms with Crippen LogP contribution in [0.2, 0.25) is 0 Å². The topological polar surface area (TPSA) is 105 Å². The number of nitrogens with zero attached hydrogens (tertiary/aromatic N) is 1. The van der Waals surface area contributed by atoms with Gasteiger partial charge in [0.1, 0.15) is 6.61 Å². The van der Waals surface area contributed by atoms with E-state index in [-0.39, 0.29) is 30.9 Å². The van der Waals surface area contributed by atoms with Crippen molar-refractivity contribution in [1.82, 2.24) is 10.2 Å². The van der Waals surface area contributed by atoms with Crippen molar-refractivity contribution >= 4 is 18.0 Å². The highest BCUT2D eigenvalue weighted by Crippen LogP contribution is 2.58. The molecular formula is C26H26N2O6. The molecule has 2 aromatic carbocycles. The zero-order chi connectivity index (χ0) is 23.4. The molecular weight excluding hydrogens is 436 g/mol. The van der Waals surface area contributed by atoms with Gasteiger partial charge in [0.15, 0.2) is 6.10 Å². The Kier molecular flexibility index (Phi) is 4.88. The number of piperidine rings is 1. The number of carboxylic acid groups (broad SMARTS) is 1. The number of rotatable bonds is 5. The van der Waals surface area contributed by atoms with Crippen LogP contribution in [-0.4, -0.2) is 66.4 Å². The van der Waals surface area contributed by atoms with Gasteiger partial charge in [0.2, 0.25) is 0 Å². The van der Waals surface area contributed by atoms with Crippen molar-refractivity contribution < 1.29 is 29.0 Å². The van der Waals surface area contributed by atoms with E-state index >= 15 is 0 Å². The van der Waals surface area contributed by atoms with Crippen molar-refractivity contribution in [2.45, 2.75) is 30.9 Å². The predicted octanol–water partition coefficient (Wildman–Crippen LogP) is 2.62. The fourth-order valence-corrected chi connectivity index (χ4v) is 5.93. The molecule has 2 amide bonds. The first-order valence-electron chi connectivity index (χ1n) is 11.7. The summed E-state index contributed by atoms with van der Waals surface area (Å²) in [6, 6.07) is 15.8. The third-order valence-electron chi connectivity index (χ3n) is 7.87. The van der Waals surface area contributed by atoms with Crippen LogP contribution in [0.4, 0.5) is 4.79 Å². The van der Waals surface area contributed by atoms with Gasteiger partial charge in [0.05, 0.1) is 11.5 Å². The lowest BCUT2D eigenvalue weighted by Crippen LogP contribution is -2.50. The largest absolute Gasteiger partial charge is 0.481 e. The summed E-state index contributed by atoms with van der Waals surface area (Å²) in [5.41, 5.74) is 3.79. The van der Waals surface area contributed by atoms with E-state index in [0.29, 0.717) is 26.0 Å². The lowest BCUT2D eigenvalue weighted by molar-refractivity contribution is -0.145. The molecule has 2 aromatic rings. The molecule has 176 valence electrons. The molecule has 0 spiro atoms. The van der Waals surface area contributed by atoms with E-state index in [9.17, 15) is 19.5 Å². The molecule has 0 aromatic heterocycles. The smallest absolute Gasteiger partial charge is 0.407 e. The lowest BCUT2D eigenvalue weighted by Gasteiger charge is -2.26. The van der Waals surface area contributed by atoms with E-state index in [4.69, 9.17) is 9.47 Å². The minimum atomic E-state index is -0.839. The van der Waals surface area contributed by atoms with Crippen LogP contribution in [0.5, 0.6) is 0 Å². The number of alkyl carbamates (subject to hydrolysis) is 1. The fraction of sp³-hybridized carbons (Fsp3) is 0.423. The third kappa shape index (κ3) is 3.27. The van der Waals surface area contributed by atoms with Crippen LogP contribution in [0, 0.1) is 11.3 Å². The van der Waals surface area contributed by atoms with Gasteiger partial charge in [0.25, 0.3) is 5.91 Å². The number of aliphatic carboxylic acids is 1. The van der Waals surface area contributed by atoms with E-state index in [1.807, 2.05) is 24.3 Å². The Bertz CT molecular complexity index is 1140. The standard InChI is InChI=1S/C26H26N2O6/c29-23(28-12-15-11-26(15,14-28)24(30)31)22-21(9-10-33-22)27-25(32)34-13-20-18-7-3-1-5-16(18)17-6-2-4-8-19(17)20/h1-8,15,20-22H,9-14H2,(H,27,32)(H,30,31)/t15?,21-,22+,26?/m0/s1. The molecule has 8 nitrogen and oxygen atoms in total. The van der Waals surface area contributed by atoms with Gasteiger partial charge in [-0.25, -0.2) is 4.79 Å².